The van der Waals surface area contributed by atoms with E-state index in [1.807, 2.05) is 0 Å². The van der Waals surface area contributed by atoms with Crippen molar-refractivity contribution in [1.29, 1.82) is 0 Å². The van der Waals surface area contributed by atoms with Gasteiger partial charge in [0, 0.05) is 5.41 Å². The van der Waals surface area contributed by atoms with Gasteiger partial charge in [0.05, 0.1) is 6.10 Å². The Morgan fingerprint density at radius 2 is 1.50 bits per heavy atom. The van der Waals surface area contributed by atoms with E-state index in [0.29, 0.717) is 5.41 Å². The van der Waals surface area contributed by atoms with Gasteiger partial charge >= 0.3 is 0 Å². The van der Waals surface area contributed by atoms with Crippen molar-refractivity contribution in [1.82, 2.24) is 0 Å². The summed E-state index contributed by atoms with van der Waals surface area (Å²) in [7, 11) is 0. The van der Waals surface area contributed by atoms with Gasteiger partial charge in [-0.3, -0.25) is 0 Å². The van der Waals surface area contributed by atoms with Crippen LogP contribution in [-0.2, 0) is 0 Å². The van der Waals surface area contributed by atoms with Crippen molar-refractivity contribution in [2.24, 2.45) is 10.8 Å². The van der Waals surface area contributed by atoms with Crippen LogP contribution >= 0.6 is 0 Å². The van der Waals surface area contributed by atoms with E-state index in [1.54, 1.807) is 0 Å². The van der Waals surface area contributed by atoms with Crippen LogP contribution in [0.1, 0.15) is 51.4 Å². The summed E-state index contributed by atoms with van der Waals surface area (Å²) >= 11 is 0. The SMILES string of the molecule is O[C@@H]1C=CC23CCCCC12CCCC3. The van der Waals surface area contributed by atoms with E-state index in [1.165, 1.54) is 51.4 Å². The molecule has 1 atom stereocenters. The molecule has 0 heterocycles. The molecular weight excluding hydrogens is 172 g/mol. The fraction of sp³-hybridized carbons (Fsp3) is 0.846. The summed E-state index contributed by atoms with van der Waals surface area (Å²) in [6, 6.07) is 0. The zero-order chi connectivity index (χ0) is 9.65. The van der Waals surface area contributed by atoms with Gasteiger partial charge < -0.3 is 5.11 Å². The van der Waals surface area contributed by atoms with Gasteiger partial charge in [-0.2, -0.15) is 0 Å². The maximum atomic E-state index is 10.2. The minimum Gasteiger partial charge on any atom is -0.388 e. The summed E-state index contributed by atoms with van der Waals surface area (Å²) in [4.78, 5) is 0. The van der Waals surface area contributed by atoms with Crippen LogP contribution in [0, 0.1) is 10.8 Å². The molecular formula is C13H20O. The molecule has 2 saturated carbocycles. The monoisotopic (exact) mass is 192 g/mol. The highest BCUT2D eigenvalue weighted by atomic mass is 16.3. The summed E-state index contributed by atoms with van der Waals surface area (Å²) in [5, 5.41) is 10.2. The molecule has 1 heteroatoms. The van der Waals surface area contributed by atoms with Gasteiger partial charge in [0.2, 0.25) is 0 Å². The lowest BCUT2D eigenvalue weighted by Gasteiger charge is -2.54. The van der Waals surface area contributed by atoms with Crippen LogP contribution in [0.5, 0.6) is 0 Å². The zero-order valence-corrected chi connectivity index (χ0v) is 8.84. The normalized spacial score (nSPS) is 51.4. The van der Waals surface area contributed by atoms with Crippen molar-refractivity contribution in [2.45, 2.75) is 57.5 Å². The average Bonchev–Trinajstić information content (AvgIpc) is 2.54. The van der Waals surface area contributed by atoms with Crippen molar-refractivity contribution in [3.63, 3.8) is 0 Å². The summed E-state index contributed by atoms with van der Waals surface area (Å²) in [6.45, 7) is 0. The predicted molar refractivity (Wildman–Crippen MR) is 56.9 cm³/mol. The second-order valence-electron chi connectivity index (χ2n) is 5.53. The van der Waals surface area contributed by atoms with E-state index in [0.717, 1.165) is 0 Å². The molecule has 14 heavy (non-hydrogen) atoms. The van der Waals surface area contributed by atoms with E-state index in [2.05, 4.69) is 12.2 Å². The van der Waals surface area contributed by atoms with E-state index in [-0.39, 0.29) is 11.5 Å². The van der Waals surface area contributed by atoms with Gasteiger partial charge in [-0.1, -0.05) is 37.8 Å². The largest absolute Gasteiger partial charge is 0.388 e. The van der Waals surface area contributed by atoms with Gasteiger partial charge in [0.1, 0.15) is 0 Å². The molecule has 0 aromatic rings. The molecule has 0 saturated heterocycles. The average molecular weight is 192 g/mol. The van der Waals surface area contributed by atoms with Crippen LogP contribution in [0.25, 0.3) is 0 Å². The Morgan fingerprint density at radius 3 is 2.07 bits per heavy atom. The Morgan fingerprint density at radius 1 is 0.929 bits per heavy atom. The lowest BCUT2D eigenvalue weighted by Crippen LogP contribution is -2.48. The van der Waals surface area contributed by atoms with Crippen LogP contribution in [0.15, 0.2) is 12.2 Å². The summed E-state index contributed by atoms with van der Waals surface area (Å²) in [5.41, 5.74) is 0.673. The third-order valence-corrected chi connectivity index (χ3v) is 5.15. The minimum atomic E-state index is -0.136. The van der Waals surface area contributed by atoms with Gasteiger partial charge in [0.15, 0.2) is 0 Å². The van der Waals surface area contributed by atoms with Gasteiger partial charge in [0.25, 0.3) is 0 Å². The molecule has 1 N–H and O–H groups in total. The maximum absolute atomic E-state index is 10.2. The fourth-order valence-corrected chi connectivity index (χ4v) is 4.39. The Balaban J connectivity index is 2.03. The van der Waals surface area contributed by atoms with Crippen LogP contribution < -0.4 is 0 Å². The van der Waals surface area contributed by atoms with Crippen molar-refractivity contribution in [3.8, 4) is 0 Å². The van der Waals surface area contributed by atoms with Gasteiger partial charge in [-0.15, -0.1) is 0 Å². The Hall–Kier alpha value is -0.300. The number of rotatable bonds is 0. The first-order valence-electron chi connectivity index (χ1n) is 6.17. The van der Waals surface area contributed by atoms with Crippen molar-refractivity contribution in [3.05, 3.63) is 12.2 Å². The number of aliphatic hydroxyl groups excluding tert-OH is 1. The number of aliphatic hydroxyl groups is 1. The molecule has 0 spiro atoms. The standard InChI is InChI=1S/C13H20O/c14-11-5-10-12-6-1-3-8-13(11,12)9-4-2-7-12/h5,10-11,14H,1-4,6-9H2/t11-,12?,13?/m1/s1. The zero-order valence-electron chi connectivity index (χ0n) is 8.84. The molecule has 0 aliphatic heterocycles. The van der Waals surface area contributed by atoms with Crippen LogP contribution in [0.2, 0.25) is 0 Å². The third kappa shape index (κ3) is 0.894. The van der Waals surface area contributed by atoms with Crippen LogP contribution in [-0.4, -0.2) is 11.2 Å². The van der Waals surface area contributed by atoms with E-state index in [4.69, 9.17) is 0 Å². The Kier molecular flexibility index (Phi) is 1.82. The van der Waals surface area contributed by atoms with E-state index in [9.17, 15) is 5.11 Å². The van der Waals surface area contributed by atoms with Crippen LogP contribution in [0.4, 0.5) is 0 Å². The van der Waals surface area contributed by atoms with Crippen molar-refractivity contribution in [2.75, 3.05) is 0 Å². The molecule has 78 valence electrons. The first kappa shape index (κ1) is 8.96. The molecule has 3 aliphatic carbocycles. The number of allylic oxidation sites excluding steroid dienone is 1. The highest BCUT2D eigenvalue weighted by Crippen LogP contribution is 2.64. The summed E-state index contributed by atoms with van der Waals surface area (Å²) in [6.07, 6.45) is 14.9. The smallest absolute Gasteiger partial charge is 0.0785 e. The first-order valence-corrected chi connectivity index (χ1v) is 6.17. The molecule has 0 aromatic heterocycles. The highest BCUT2D eigenvalue weighted by Gasteiger charge is 2.57. The molecule has 0 radical (unpaired) electrons. The fourth-order valence-electron chi connectivity index (χ4n) is 4.39. The van der Waals surface area contributed by atoms with E-state index >= 15 is 0 Å². The van der Waals surface area contributed by atoms with Gasteiger partial charge in [-0.05, 0) is 31.1 Å². The topological polar surface area (TPSA) is 20.2 Å². The van der Waals surface area contributed by atoms with E-state index < -0.39 is 0 Å². The Bertz CT molecular complexity index is 254. The third-order valence-electron chi connectivity index (χ3n) is 5.15. The predicted octanol–water partition coefficient (Wildman–Crippen LogP) is 3.04. The maximum Gasteiger partial charge on any atom is 0.0785 e. The molecule has 0 amide bonds. The number of hydrogen-bond donors (Lipinski definition) is 1. The summed E-state index contributed by atoms with van der Waals surface area (Å²) in [5.74, 6) is 0. The lowest BCUT2D eigenvalue weighted by molar-refractivity contribution is -0.0750. The number of hydrogen-bond acceptors (Lipinski definition) is 1. The van der Waals surface area contributed by atoms with Crippen LogP contribution in [0.3, 0.4) is 0 Å². The van der Waals surface area contributed by atoms with Crippen molar-refractivity contribution >= 4 is 0 Å². The second kappa shape index (κ2) is 2.85. The molecule has 0 aromatic carbocycles. The molecule has 0 unspecified atom stereocenters. The molecule has 0 bridgehead atoms. The molecule has 1 nitrogen and oxygen atoms in total. The highest BCUT2D eigenvalue weighted by molar-refractivity contribution is 5.24. The molecule has 3 aliphatic rings. The summed E-state index contributed by atoms with van der Waals surface area (Å²) < 4.78 is 0. The van der Waals surface area contributed by atoms with Gasteiger partial charge in [-0.25, -0.2) is 0 Å². The molecule has 3 rings (SSSR count). The Labute approximate surface area is 86.2 Å². The second-order valence-corrected chi connectivity index (χ2v) is 5.53. The minimum absolute atomic E-state index is 0.136. The van der Waals surface area contributed by atoms with Crippen molar-refractivity contribution < 1.29 is 5.11 Å². The quantitative estimate of drug-likeness (QED) is 0.585. The first-order chi connectivity index (χ1) is 6.79. The lowest BCUT2D eigenvalue weighted by atomic mass is 9.51. The molecule has 2 fully saturated rings.